The van der Waals surface area contributed by atoms with Gasteiger partial charge in [0.2, 0.25) is 0 Å². The van der Waals surface area contributed by atoms with Gasteiger partial charge in [-0.05, 0) is 37.3 Å². The maximum Gasteiger partial charge on any atom is 0.0465 e. The number of methoxy groups -OCH3 is 1. The highest BCUT2D eigenvalue weighted by molar-refractivity contribution is 5.32. The van der Waals surface area contributed by atoms with Gasteiger partial charge >= 0.3 is 0 Å². The summed E-state index contributed by atoms with van der Waals surface area (Å²) in [4.78, 5) is 0. The van der Waals surface area contributed by atoms with Crippen LogP contribution >= 0.6 is 0 Å². The van der Waals surface area contributed by atoms with Crippen molar-refractivity contribution in [3.05, 3.63) is 34.9 Å². The fourth-order valence-corrected chi connectivity index (χ4v) is 1.99. The molecule has 0 bridgehead atoms. The van der Waals surface area contributed by atoms with E-state index in [1.54, 1.807) is 7.11 Å². The van der Waals surface area contributed by atoms with Gasteiger partial charge in [-0.25, -0.2) is 0 Å². The Labute approximate surface area is 98.8 Å². The zero-order valence-corrected chi connectivity index (χ0v) is 10.8. The molecule has 0 amide bonds. The van der Waals surface area contributed by atoms with Gasteiger partial charge in [-0.1, -0.05) is 30.7 Å². The van der Waals surface area contributed by atoms with Crippen molar-refractivity contribution in [2.24, 2.45) is 11.7 Å². The van der Waals surface area contributed by atoms with Crippen LogP contribution in [0.3, 0.4) is 0 Å². The molecule has 0 saturated carbocycles. The summed E-state index contributed by atoms with van der Waals surface area (Å²) in [6.45, 7) is 7.20. The van der Waals surface area contributed by atoms with E-state index in [4.69, 9.17) is 10.5 Å². The molecule has 16 heavy (non-hydrogen) atoms. The van der Waals surface area contributed by atoms with Gasteiger partial charge in [0.25, 0.3) is 0 Å². The predicted octanol–water partition coefficient (Wildman–Crippen LogP) is 2.98. The summed E-state index contributed by atoms with van der Waals surface area (Å²) in [6, 6.07) is 6.58. The van der Waals surface area contributed by atoms with Crippen LogP contribution in [-0.2, 0) is 4.74 Å². The molecule has 0 aromatic heterocycles. The first kappa shape index (κ1) is 13.2. The Morgan fingerprint density at radius 3 is 2.56 bits per heavy atom. The molecule has 2 unspecified atom stereocenters. The lowest BCUT2D eigenvalue weighted by molar-refractivity contribution is 0.174. The summed E-state index contributed by atoms with van der Waals surface area (Å²) >= 11 is 0. The van der Waals surface area contributed by atoms with Crippen molar-refractivity contribution in [1.82, 2.24) is 0 Å². The lowest BCUT2D eigenvalue weighted by Crippen LogP contribution is -2.21. The smallest absolute Gasteiger partial charge is 0.0465 e. The topological polar surface area (TPSA) is 35.2 Å². The second kappa shape index (κ2) is 6.02. The van der Waals surface area contributed by atoms with Gasteiger partial charge in [0.1, 0.15) is 0 Å². The number of benzene rings is 1. The lowest BCUT2D eigenvalue weighted by atomic mass is 9.90. The Kier molecular flexibility index (Phi) is 4.97. The van der Waals surface area contributed by atoms with Crippen molar-refractivity contribution in [1.29, 1.82) is 0 Å². The maximum atomic E-state index is 6.27. The van der Waals surface area contributed by atoms with E-state index in [0.717, 1.165) is 13.0 Å². The highest BCUT2D eigenvalue weighted by Gasteiger charge is 2.16. The van der Waals surface area contributed by atoms with Crippen molar-refractivity contribution in [2.75, 3.05) is 13.7 Å². The molecule has 0 aliphatic rings. The quantitative estimate of drug-likeness (QED) is 0.829. The molecule has 90 valence electrons. The first-order chi connectivity index (χ1) is 7.56. The number of ether oxygens (including phenoxy) is 1. The van der Waals surface area contributed by atoms with Crippen LogP contribution in [0, 0.1) is 19.8 Å². The van der Waals surface area contributed by atoms with E-state index in [1.165, 1.54) is 16.7 Å². The Hall–Kier alpha value is -0.860. The molecule has 0 spiro atoms. The normalized spacial score (nSPS) is 14.8. The average molecular weight is 221 g/mol. The molecule has 0 aliphatic carbocycles. The van der Waals surface area contributed by atoms with E-state index in [1.807, 2.05) is 0 Å². The Balaban J connectivity index is 2.75. The van der Waals surface area contributed by atoms with Crippen molar-refractivity contribution in [2.45, 2.75) is 33.2 Å². The SMILES string of the molecule is COCCC(C)C(N)c1ccc(C)cc1C. The molecule has 1 rings (SSSR count). The monoisotopic (exact) mass is 221 g/mol. The van der Waals surface area contributed by atoms with E-state index in [9.17, 15) is 0 Å². The van der Waals surface area contributed by atoms with Crippen LogP contribution in [0.5, 0.6) is 0 Å². The summed E-state index contributed by atoms with van der Waals surface area (Å²) in [5, 5.41) is 0. The van der Waals surface area contributed by atoms with Crippen molar-refractivity contribution < 1.29 is 4.74 Å². The highest BCUT2D eigenvalue weighted by Crippen LogP contribution is 2.25. The number of hydrogen-bond donors (Lipinski definition) is 1. The average Bonchev–Trinajstić information content (AvgIpc) is 2.25. The molecular weight excluding hydrogens is 198 g/mol. The van der Waals surface area contributed by atoms with E-state index in [-0.39, 0.29) is 6.04 Å². The molecular formula is C14H23NO. The minimum absolute atomic E-state index is 0.107. The van der Waals surface area contributed by atoms with Crippen LogP contribution in [0.2, 0.25) is 0 Å². The third-order valence-corrected chi connectivity index (χ3v) is 3.17. The van der Waals surface area contributed by atoms with Crippen LogP contribution < -0.4 is 5.73 Å². The van der Waals surface area contributed by atoms with Crippen molar-refractivity contribution in [3.63, 3.8) is 0 Å². The van der Waals surface area contributed by atoms with Gasteiger partial charge in [-0.15, -0.1) is 0 Å². The standard InChI is InChI=1S/C14H23NO/c1-10-5-6-13(12(3)9-10)14(15)11(2)7-8-16-4/h5-6,9,11,14H,7-8,15H2,1-4H3. The van der Waals surface area contributed by atoms with Crippen LogP contribution in [-0.4, -0.2) is 13.7 Å². The first-order valence-electron chi connectivity index (χ1n) is 5.88. The Morgan fingerprint density at radius 1 is 1.31 bits per heavy atom. The molecule has 0 saturated heterocycles. The van der Waals surface area contributed by atoms with Gasteiger partial charge in [0, 0.05) is 19.8 Å². The van der Waals surface area contributed by atoms with Crippen LogP contribution in [0.4, 0.5) is 0 Å². The van der Waals surface area contributed by atoms with Crippen LogP contribution in [0.25, 0.3) is 0 Å². The summed E-state index contributed by atoms with van der Waals surface area (Å²) in [5.41, 5.74) is 10.1. The predicted molar refractivity (Wildman–Crippen MR) is 68.5 cm³/mol. The molecule has 2 nitrogen and oxygen atoms in total. The molecule has 2 N–H and O–H groups in total. The first-order valence-corrected chi connectivity index (χ1v) is 5.88. The van der Waals surface area contributed by atoms with Gasteiger partial charge in [0.05, 0.1) is 0 Å². The van der Waals surface area contributed by atoms with Crippen LogP contribution in [0.15, 0.2) is 18.2 Å². The van der Waals surface area contributed by atoms with E-state index in [0.29, 0.717) is 5.92 Å². The van der Waals surface area contributed by atoms with E-state index in [2.05, 4.69) is 39.0 Å². The molecule has 0 heterocycles. The zero-order valence-electron chi connectivity index (χ0n) is 10.8. The number of aryl methyl sites for hydroxylation is 2. The molecule has 2 heteroatoms. The van der Waals surface area contributed by atoms with Gasteiger partial charge in [0.15, 0.2) is 0 Å². The van der Waals surface area contributed by atoms with E-state index < -0.39 is 0 Å². The number of nitrogens with two attached hydrogens (primary N) is 1. The highest BCUT2D eigenvalue weighted by atomic mass is 16.5. The molecule has 0 aliphatic heterocycles. The zero-order chi connectivity index (χ0) is 12.1. The van der Waals surface area contributed by atoms with Crippen molar-refractivity contribution >= 4 is 0 Å². The van der Waals surface area contributed by atoms with E-state index >= 15 is 0 Å². The van der Waals surface area contributed by atoms with Crippen molar-refractivity contribution in [3.8, 4) is 0 Å². The molecule has 1 aromatic rings. The second-order valence-corrected chi connectivity index (χ2v) is 4.64. The Morgan fingerprint density at radius 2 is 2.00 bits per heavy atom. The molecule has 1 aromatic carbocycles. The molecule has 0 radical (unpaired) electrons. The van der Waals surface area contributed by atoms with Gasteiger partial charge in [-0.2, -0.15) is 0 Å². The maximum absolute atomic E-state index is 6.27. The fraction of sp³-hybridized carbons (Fsp3) is 0.571. The largest absolute Gasteiger partial charge is 0.385 e. The third-order valence-electron chi connectivity index (χ3n) is 3.17. The molecule has 0 fully saturated rings. The summed E-state index contributed by atoms with van der Waals surface area (Å²) < 4.78 is 5.09. The summed E-state index contributed by atoms with van der Waals surface area (Å²) in [6.07, 6.45) is 1.00. The molecule has 2 atom stereocenters. The second-order valence-electron chi connectivity index (χ2n) is 4.64. The lowest BCUT2D eigenvalue weighted by Gasteiger charge is -2.22. The fourth-order valence-electron chi connectivity index (χ4n) is 1.99. The third kappa shape index (κ3) is 3.32. The number of hydrogen-bond acceptors (Lipinski definition) is 2. The minimum Gasteiger partial charge on any atom is -0.385 e. The summed E-state index contributed by atoms with van der Waals surface area (Å²) in [7, 11) is 1.73. The van der Waals surface area contributed by atoms with Gasteiger partial charge < -0.3 is 10.5 Å². The number of rotatable bonds is 5. The minimum atomic E-state index is 0.107. The summed E-state index contributed by atoms with van der Waals surface area (Å²) in [5.74, 6) is 0.446. The van der Waals surface area contributed by atoms with Gasteiger partial charge in [-0.3, -0.25) is 0 Å². The Bertz CT molecular complexity index is 336. The van der Waals surface area contributed by atoms with Crippen LogP contribution in [0.1, 0.15) is 36.1 Å².